The fourth-order valence-electron chi connectivity index (χ4n) is 2.20. The highest BCUT2D eigenvalue weighted by Gasteiger charge is 2.22. The number of benzene rings is 1. The molecule has 2 rings (SSSR count). The molecule has 18 heavy (non-hydrogen) atoms. The summed E-state index contributed by atoms with van der Waals surface area (Å²) in [4.78, 5) is 13.9. The summed E-state index contributed by atoms with van der Waals surface area (Å²) in [6.45, 7) is 1.69. The summed E-state index contributed by atoms with van der Waals surface area (Å²) in [7, 11) is 0. The van der Waals surface area contributed by atoms with Crippen molar-refractivity contribution >= 4 is 21.8 Å². The molecule has 1 aliphatic heterocycles. The van der Waals surface area contributed by atoms with Crippen LogP contribution in [0.25, 0.3) is 0 Å². The number of carbonyl (C=O) groups excluding carboxylic acids is 1. The molecule has 1 aliphatic rings. The van der Waals surface area contributed by atoms with Crippen LogP contribution in [0.1, 0.15) is 30.7 Å². The van der Waals surface area contributed by atoms with Crippen molar-refractivity contribution < 1.29 is 4.79 Å². The van der Waals surface area contributed by atoms with Crippen molar-refractivity contribution in [3.8, 4) is 6.07 Å². The maximum absolute atomic E-state index is 12.0. The highest BCUT2D eigenvalue weighted by atomic mass is 79.9. The molecule has 0 saturated carbocycles. The van der Waals surface area contributed by atoms with Gasteiger partial charge in [-0.25, -0.2) is 0 Å². The lowest BCUT2D eigenvalue weighted by molar-refractivity contribution is -0.130. The van der Waals surface area contributed by atoms with E-state index < -0.39 is 0 Å². The molecule has 0 bridgehead atoms. The topological polar surface area (TPSA) is 44.1 Å². The van der Waals surface area contributed by atoms with Gasteiger partial charge in [-0.3, -0.25) is 4.79 Å². The van der Waals surface area contributed by atoms with E-state index >= 15 is 0 Å². The molecule has 0 N–H and O–H groups in total. The van der Waals surface area contributed by atoms with Crippen molar-refractivity contribution in [2.45, 2.75) is 25.2 Å². The Hall–Kier alpha value is -1.34. The van der Waals surface area contributed by atoms with Crippen LogP contribution in [0.15, 0.2) is 28.7 Å². The lowest BCUT2D eigenvalue weighted by Gasteiger charge is -2.17. The van der Waals surface area contributed by atoms with Gasteiger partial charge in [0.2, 0.25) is 5.91 Å². The highest BCUT2D eigenvalue weighted by Crippen LogP contribution is 2.23. The number of hydrogen-bond acceptors (Lipinski definition) is 2. The number of carbonyl (C=O) groups is 1. The standard InChI is InChI=1S/C14H15BrN2O/c15-13-5-3-11(4-6-13)12(10-16)9-14(18)17-7-1-2-8-17/h3-6,12H,1-2,7-9H2. The molecule has 0 radical (unpaired) electrons. The van der Waals surface area contributed by atoms with Crippen molar-refractivity contribution in [1.82, 2.24) is 4.90 Å². The summed E-state index contributed by atoms with van der Waals surface area (Å²) in [5.74, 6) is -0.242. The molecule has 0 aliphatic carbocycles. The highest BCUT2D eigenvalue weighted by molar-refractivity contribution is 9.10. The first-order chi connectivity index (χ1) is 8.70. The number of amides is 1. The Kier molecular flexibility index (Phi) is 4.38. The molecule has 1 aromatic carbocycles. The van der Waals surface area contributed by atoms with E-state index in [1.54, 1.807) is 0 Å². The van der Waals surface area contributed by atoms with Gasteiger partial charge in [0.15, 0.2) is 0 Å². The van der Waals surface area contributed by atoms with Gasteiger partial charge in [0.1, 0.15) is 0 Å². The summed E-state index contributed by atoms with van der Waals surface area (Å²) in [5.41, 5.74) is 0.910. The van der Waals surface area contributed by atoms with Crippen LogP contribution in [0.3, 0.4) is 0 Å². The quantitative estimate of drug-likeness (QED) is 0.861. The van der Waals surface area contributed by atoms with Crippen LogP contribution >= 0.6 is 15.9 Å². The third-order valence-corrected chi connectivity index (χ3v) is 3.79. The Morgan fingerprint density at radius 3 is 2.50 bits per heavy atom. The molecule has 1 fully saturated rings. The maximum Gasteiger partial charge on any atom is 0.224 e. The third kappa shape index (κ3) is 3.11. The summed E-state index contributed by atoms with van der Waals surface area (Å²) in [6.07, 6.45) is 2.46. The lowest BCUT2D eigenvalue weighted by atomic mass is 9.97. The van der Waals surface area contributed by atoms with Gasteiger partial charge in [0, 0.05) is 24.0 Å². The van der Waals surface area contributed by atoms with Gasteiger partial charge in [-0.15, -0.1) is 0 Å². The molecule has 0 spiro atoms. The van der Waals surface area contributed by atoms with E-state index in [1.165, 1.54) is 0 Å². The second kappa shape index (κ2) is 6.01. The SMILES string of the molecule is N#CC(CC(=O)N1CCCC1)c1ccc(Br)cc1. The van der Waals surface area contributed by atoms with Gasteiger partial charge in [-0.1, -0.05) is 28.1 Å². The molecule has 1 atom stereocenters. The Morgan fingerprint density at radius 1 is 1.33 bits per heavy atom. The van der Waals surface area contributed by atoms with Crippen LogP contribution in [0.4, 0.5) is 0 Å². The smallest absolute Gasteiger partial charge is 0.224 e. The zero-order chi connectivity index (χ0) is 13.0. The molecule has 1 unspecified atom stereocenters. The molecule has 1 aromatic rings. The number of rotatable bonds is 3. The van der Waals surface area contributed by atoms with E-state index in [-0.39, 0.29) is 18.2 Å². The van der Waals surface area contributed by atoms with Crippen LogP contribution in [0, 0.1) is 11.3 Å². The molecule has 94 valence electrons. The second-order valence-electron chi connectivity index (χ2n) is 4.53. The minimum absolute atomic E-state index is 0.0990. The number of nitrogens with zero attached hydrogens (tertiary/aromatic N) is 2. The van der Waals surface area contributed by atoms with E-state index in [4.69, 9.17) is 0 Å². The first-order valence-electron chi connectivity index (χ1n) is 6.13. The fraction of sp³-hybridized carbons (Fsp3) is 0.429. The van der Waals surface area contributed by atoms with Gasteiger partial charge < -0.3 is 4.90 Å². The van der Waals surface area contributed by atoms with Crippen LogP contribution in [-0.2, 0) is 4.79 Å². The van der Waals surface area contributed by atoms with Crippen LogP contribution < -0.4 is 0 Å². The summed E-state index contributed by atoms with van der Waals surface area (Å²) in [6, 6.07) is 9.83. The lowest BCUT2D eigenvalue weighted by Crippen LogP contribution is -2.28. The average Bonchev–Trinajstić information content (AvgIpc) is 2.91. The number of halogens is 1. The second-order valence-corrected chi connectivity index (χ2v) is 5.44. The summed E-state index contributed by atoms with van der Waals surface area (Å²) < 4.78 is 0.980. The zero-order valence-electron chi connectivity index (χ0n) is 10.1. The van der Waals surface area contributed by atoms with Crippen LogP contribution in [0.2, 0.25) is 0 Å². The van der Waals surface area contributed by atoms with Crippen LogP contribution in [0.5, 0.6) is 0 Å². The Balaban J connectivity index is 2.03. The van der Waals surface area contributed by atoms with Gasteiger partial charge in [-0.2, -0.15) is 5.26 Å². The Labute approximate surface area is 116 Å². The molecule has 0 aromatic heterocycles. The number of nitriles is 1. The van der Waals surface area contributed by atoms with E-state index in [0.717, 1.165) is 36.0 Å². The predicted octanol–water partition coefficient (Wildman–Crippen LogP) is 3.07. The van der Waals surface area contributed by atoms with Gasteiger partial charge >= 0.3 is 0 Å². The van der Waals surface area contributed by atoms with Gasteiger partial charge in [0.25, 0.3) is 0 Å². The summed E-state index contributed by atoms with van der Waals surface area (Å²) >= 11 is 3.36. The van der Waals surface area contributed by atoms with Crippen molar-refractivity contribution in [2.75, 3.05) is 13.1 Å². The van der Waals surface area contributed by atoms with Gasteiger partial charge in [-0.05, 0) is 30.5 Å². The van der Waals surface area contributed by atoms with E-state index in [2.05, 4.69) is 22.0 Å². The van der Waals surface area contributed by atoms with Crippen molar-refractivity contribution in [2.24, 2.45) is 0 Å². The van der Waals surface area contributed by atoms with E-state index in [1.807, 2.05) is 29.2 Å². The first-order valence-corrected chi connectivity index (χ1v) is 6.93. The number of hydrogen-bond donors (Lipinski definition) is 0. The van der Waals surface area contributed by atoms with Crippen molar-refractivity contribution in [3.63, 3.8) is 0 Å². The van der Waals surface area contributed by atoms with Crippen molar-refractivity contribution in [3.05, 3.63) is 34.3 Å². The molecule has 1 heterocycles. The molecular weight excluding hydrogens is 292 g/mol. The largest absolute Gasteiger partial charge is 0.343 e. The molecule has 1 saturated heterocycles. The van der Waals surface area contributed by atoms with Crippen LogP contribution in [-0.4, -0.2) is 23.9 Å². The van der Waals surface area contributed by atoms with E-state index in [0.29, 0.717) is 0 Å². The van der Waals surface area contributed by atoms with E-state index in [9.17, 15) is 10.1 Å². The first kappa shape index (κ1) is 13.1. The molecule has 1 amide bonds. The summed E-state index contributed by atoms with van der Waals surface area (Å²) in [5, 5.41) is 9.21. The third-order valence-electron chi connectivity index (χ3n) is 3.27. The van der Waals surface area contributed by atoms with Gasteiger partial charge in [0.05, 0.1) is 12.0 Å². The molecular formula is C14H15BrN2O. The molecule has 4 heteroatoms. The fourth-order valence-corrected chi connectivity index (χ4v) is 2.47. The zero-order valence-corrected chi connectivity index (χ0v) is 11.7. The maximum atomic E-state index is 12.0. The Morgan fingerprint density at radius 2 is 1.94 bits per heavy atom. The average molecular weight is 307 g/mol. The molecule has 3 nitrogen and oxygen atoms in total. The normalized spacial score (nSPS) is 16.3. The minimum Gasteiger partial charge on any atom is -0.343 e. The minimum atomic E-state index is -0.341. The van der Waals surface area contributed by atoms with Crippen molar-refractivity contribution in [1.29, 1.82) is 5.26 Å². The predicted molar refractivity (Wildman–Crippen MR) is 72.9 cm³/mol. The Bertz CT molecular complexity index is 458. The number of likely N-dealkylation sites (tertiary alicyclic amines) is 1. The monoisotopic (exact) mass is 306 g/mol.